The molecule has 3 heterocycles. The molecule has 0 bridgehead atoms. The highest BCUT2D eigenvalue weighted by atomic mass is 19.4. The number of hydrogen-bond donors (Lipinski definition) is 0. The maximum Gasteiger partial charge on any atom is 0.416 e. The summed E-state index contributed by atoms with van der Waals surface area (Å²) in [5, 5.41) is 4.19. The Kier molecular flexibility index (Phi) is 6.53. The van der Waals surface area contributed by atoms with Gasteiger partial charge in [0.15, 0.2) is 0 Å². The second-order valence-corrected chi connectivity index (χ2v) is 7.72. The maximum atomic E-state index is 12.8. The lowest BCUT2D eigenvalue weighted by Crippen LogP contribution is -2.50. The van der Waals surface area contributed by atoms with E-state index < -0.39 is 17.3 Å². The molecule has 1 aliphatic heterocycles. The van der Waals surface area contributed by atoms with Crippen LogP contribution in [0.1, 0.15) is 5.56 Å². The van der Waals surface area contributed by atoms with E-state index in [0.717, 1.165) is 22.5 Å². The predicted octanol–water partition coefficient (Wildman–Crippen LogP) is 2.68. The molecule has 178 valence electrons. The van der Waals surface area contributed by atoms with Crippen LogP contribution in [0, 0.1) is 0 Å². The summed E-state index contributed by atoms with van der Waals surface area (Å²) in [6.45, 7) is 1.90. The number of hydrogen-bond acceptors (Lipinski definition) is 6. The van der Waals surface area contributed by atoms with Crippen LogP contribution in [-0.4, -0.2) is 58.9 Å². The molecular formula is C23H22F3N5O3. The Morgan fingerprint density at radius 2 is 1.71 bits per heavy atom. The van der Waals surface area contributed by atoms with Gasteiger partial charge < -0.3 is 14.5 Å². The summed E-state index contributed by atoms with van der Waals surface area (Å²) >= 11 is 0. The lowest BCUT2D eigenvalue weighted by Gasteiger charge is -2.36. The van der Waals surface area contributed by atoms with Gasteiger partial charge >= 0.3 is 6.18 Å². The van der Waals surface area contributed by atoms with Crippen LogP contribution in [0.25, 0.3) is 11.3 Å². The first kappa shape index (κ1) is 23.3. The first-order valence-corrected chi connectivity index (χ1v) is 10.5. The average Bonchev–Trinajstić information content (AvgIpc) is 2.85. The largest absolute Gasteiger partial charge is 0.481 e. The number of nitrogens with zero attached hydrogens (tertiary/aromatic N) is 5. The second kappa shape index (κ2) is 9.54. The number of ether oxygens (including phenoxy) is 1. The van der Waals surface area contributed by atoms with Crippen molar-refractivity contribution < 1.29 is 22.7 Å². The van der Waals surface area contributed by atoms with Crippen LogP contribution in [0.15, 0.2) is 59.5 Å². The molecule has 8 nitrogen and oxygen atoms in total. The fourth-order valence-corrected chi connectivity index (χ4v) is 3.67. The number of rotatable bonds is 5. The first-order valence-electron chi connectivity index (χ1n) is 10.5. The topological polar surface area (TPSA) is 80.6 Å². The summed E-state index contributed by atoms with van der Waals surface area (Å²) < 4.78 is 44.5. The van der Waals surface area contributed by atoms with E-state index in [4.69, 9.17) is 4.74 Å². The van der Waals surface area contributed by atoms with Crippen molar-refractivity contribution in [2.75, 3.05) is 38.2 Å². The van der Waals surface area contributed by atoms with Gasteiger partial charge in [0, 0.05) is 43.9 Å². The van der Waals surface area contributed by atoms with Crippen LogP contribution in [0.5, 0.6) is 5.88 Å². The number of alkyl halides is 3. The van der Waals surface area contributed by atoms with Crippen LogP contribution < -0.4 is 15.2 Å². The Labute approximate surface area is 193 Å². The average molecular weight is 473 g/mol. The summed E-state index contributed by atoms with van der Waals surface area (Å²) in [6, 6.07) is 10.8. The van der Waals surface area contributed by atoms with Crippen molar-refractivity contribution in [2.45, 2.75) is 12.7 Å². The van der Waals surface area contributed by atoms with Crippen molar-refractivity contribution >= 4 is 11.6 Å². The normalized spacial score (nSPS) is 14.2. The standard InChI is InChI=1S/C23H22F3N5O3/c1-34-20-8-6-18(14-27-20)29-10-12-30(13-11-29)22(33)15-31-21(32)9-7-19(28-31)16-2-4-17(5-3-16)23(24,25)26/h2-9,14H,10-13,15H2,1H3. The van der Waals surface area contributed by atoms with Gasteiger partial charge in [-0.05, 0) is 24.3 Å². The van der Waals surface area contributed by atoms with Crippen LogP contribution in [0.2, 0.25) is 0 Å². The quantitative estimate of drug-likeness (QED) is 0.567. The SMILES string of the molecule is COc1ccc(N2CCN(C(=O)Cn3nc(-c4ccc(C(F)(F)F)cc4)ccc3=O)CC2)cn1. The molecule has 4 rings (SSSR count). The third-order valence-corrected chi connectivity index (χ3v) is 5.59. The van der Waals surface area contributed by atoms with Gasteiger partial charge in [-0.3, -0.25) is 9.59 Å². The zero-order valence-corrected chi connectivity index (χ0v) is 18.3. The molecule has 1 saturated heterocycles. The molecule has 0 spiro atoms. The summed E-state index contributed by atoms with van der Waals surface area (Å²) in [7, 11) is 1.55. The predicted molar refractivity (Wildman–Crippen MR) is 119 cm³/mol. The Morgan fingerprint density at radius 1 is 1.00 bits per heavy atom. The molecule has 0 radical (unpaired) electrons. The van der Waals surface area contributed by atoms with E-state index in [1.807, 2.05) is 6.07 Å². The molecule has 1 aromatic carbocycles. The van der Waals surface area contributed by atoms with Crippen molar-refractivity contribution in [3.8, 4) is 17.1 Å². The lowest BCUT2D eigenvalue weighted by molar-refractivity contribution is -0.137. The zero-order chi connectivity index (χ0) is 24.3. The highest BCUT2D eigenvalue weighted by molar-refractivity contribution is 5.76. The molecule has 1 amide bonds. The number of anilines is 1. The van der Waals surface area contributed by atoms with Gasteiger partial charge in [0.05, 0.1) is 30.3 Å². The summed E-state index contributed by atoms with van der Waals surface area (Å²) in [5.74, 6) is 0.265. The number of halogens is 3. The van der Waals surface area contributed by atoms with Crippen LogP contribution in [0.4, 0.5) is 18.9 Å². The minimum atomic E-state index is -4.44. The van der Waals surface area contributed by atoms with E-state index in [1.54, 1.807) is 24.3 Å². The summed E-state index contributed by atoms with van der Waals surface area (Å²) in [5.41, 5.74) is 0.403. The Morgan fingerprint density at radius 3 is 2.29 bits per heavy atom. The molecule has 34 heavy (non-hydrogen) atoms. The molecule has 0 unspecified atom stereocenters. The molecule has 3 aromatic rings. The zero-order valence-electron chi connectivity index (χ0n) is 18.3. The lowest BCUT2D eigenvalue weighted by atomic mass is 10.1. The minimum absolute atomic E-state index is 0.253. The van der Waals surface area contributed by atoms with Crippen molar-refractivity contribution in [1.29, 1.82) is 0 Å². The molecule has 0 saturated carbocycles. The number of pyridine rings is 1. The number of benzene rings is 1. The van der Waals surface area contributed by atoms with Crippen LogP contribution in [-0.2, 0) is 17.5 Å². The molecule has 0 N–H and O–H groups in total. The van der Waals surface area contributed by atoms with E-state index in [2.05, 4.69) is 15.0 Å². The monoisotopic (exact) mass is 473 g/mol. The van der Waals surface area contributed by atoms with Crippen molar-refractivity contribution in [3.05, 3.63) is 70.6 Å². The minimum Gasteiger partial charge on any atom is -0.481 e. The van der Waals surface area contributed by atoms with E-state index in [1.165, 1.54) is 24.3 Å². The van der Waals surface area contributed by atoms with E-state index in [0.29, 0.717) is 43.3 Å². The van der Waals surface area contributed by atoms with Crippen LogP contribution >= 0.6 is 0 Å². The molecular weight excluding hydrogens is 451 g/mol. The third kappa shape index (κ3) is 5.19. The van der Waals surface area contributed by atoms with Crippen molar-refractivity contribution in [3.63, 3.8) is 0 Å². The van der Waals surface area contributed by atoms with Gasteiger partial charge in [0.2, 0.25) is 11.8 Å². The van der Waals surface area contributed by atoms with Crippen molar-refractivity contribution in [1.82, 2.24) is 19.7 Å². The maximum absolute atomic E-state index is 12.8. The molecule has 11 heteroatoms. The smallest absolute Gasteiger partial charge is 0.416 e. The Hall–Kier alpha value is -3.89. The molecule has 0 atom stereocenters. The second-order valence-electron chi connectivity index (χ2n) is 7.72. The fourth-order valence-electron chi connectivity index (χ4n) is 3.67. The Balaban J connectivity index is 1.41. The number of methoxy groups -OCH3 is 1. The van der Waals surface area contributed by atoms with Crippen LogP contribution in [0.3, 0.4) is 0 Å². The first-order chi connectivity index (χ1) is 16.2. The van der Waals surface area contributed by atoms with Crippen molar-refractivity contribution in [2.24, 2.45) is 0 Å². The number of amides is 1. The van der Waals surface area contributed by atoms with Gasteiger partial charge in [-0.1, -0.05) is 12.1 Å². The third-order valence-electron chi connectivity index (χ3n) is 5.59. The molecule has 1 fully saturated rings. The van der Waals surface area contributed by atoms with Gasteiger partial charge in [-0.15, -0.1) is 0 Å². The highest BCUT2D eigenvalue weighted by Gasteiger charge is 2.30. The van der Waals surface area contributed by atoms with E-state index in [9.17, 15) is 22.8 Å². The Bertz CT molecular complexity index is 1200. The summed E-state index contributed by atoms with van der Waals surface area (Å²) in [4.78, 5) is 33.0. The van der Waals surface area contributed by atoms with E-state index >= 15 is 0 Å². The van der Waals surface area contributed by atoms with E-state index in [-0.39, 0.29) is 12.5 Å². The van der Waals surface area contributed by atoms with Gasteiger partial charge in [-0.2, -0.15) is 18.3 Å². The number of aromatic nitrogens is 3. The molecule has 2 aromatic heterocycles. The number of carbonyl (C=O) groups excluding carboxylic acids is 1. The number of carbonyl (C=O) groups is 1. The van der Waals surface area contributed by atoms with Gasteiger partial charge in [0.1, 0.15) is 6.54 Å². The van der Waals surface area contributed by atoms with Gasteiger partial charge in [-0.25, -0.2) is 9.67 Å². The van der Waals surface area contributed by atoms with Gasteiger partial charge in [0.25, 0.3) is 5.56 Å². The molecule has 1 aliphatic rings. The number of piperazine rings is 1. The summed E-state index contributed by atoms with van der Waals surface area (Å²) in [6.07, 6.45) is -2.72. The highest BCUT2D eigenvalue weighted by Crippen LogP contribution is 2.30. The molecule has 0 aliphatic carbocycles. The fraction of sp³-hybridized carbons (Fsp3) is 0.304.